The third kappa shape index (κ3) is 1.16. The summed E-state index contributed by atoms with van der Waals surface area (Å²) in [6.07, 6.45) is 1.19. The molecule has 3 nitrogen and oxygen atoms in total. The molecule has 0 bridgehead atoms. The molecule has 0 saturated heterocycles. The Kier molecular flexibility index (Phi) is 1.46. The Morgan fingerprint density at radius 2 is 2.55 bits per heavy atom. The van der Waals surface area contributed by atoms with Crippen molar-refractivity contribution in [3.63, 3.8) is 0 Å². The third-order valence-corrected chi connectivity index (χ3v) is 2.21. The maximum atomic E-state index is 8.70. The summed E-state index contributed by atoms with van der Waals surface area (Å²) in [6, 6.07) is 1.84. The Balaban J connectivity index is 2.13. The van der Waals surface area contributed by atoms with Crippen LogP contribution in [0.15, 0.2) is 10.6 Å². The lowest BCUT2D eigenvalue weighted by molar-refractivity contribution is 0.265. The number of hydrogen-bond acceptors (Lipinski definition) is 3. The minimum Gasteiger partial charge on any atom is -0.390 e. The summed E-state index contributed by atoms with van der Waals surface area (Å²) in [4.78, 5) is 0. The molecule has 1 N–H and O–H groups in total. The van der Waals surface area contributed by atoms with E-state index in [0.717, 1.165) is 11.7 Å². The van der Waals surface area contributed by atoms with E-state index in [1.807, 2.05) is 6.07 Å². The van der Waals surface area contributed by atoms with Gasteiger partial charge in [-0.05, 0) is 12.3 Å². The van der Waals surface area contributed by atoms with Gasteiger partial charge in [-0.1, -0.05) is 12.1 Å². The van der Waals surface area contributed by atoms with E-state index < -0.39 is 0 Å². The van der Waals surface area contributed by atoms with Crippen LogP contribution in [0.25, 0.3) is 0 Å². The van der Waals surface area contributed by atoms with E-state index in [0.29, 0.717) is 11.6 Å². The predicted octanol–water partition coefficient (Wildman–Crippen LogP) is 1.29. The zero-order valence-corrected chi connectivity index (χ0v) is 6.45. The minimum atomic E-state index is -0.0232. The molecule has 0 radical (unpaired) electrons. The Bertz CT molecular complexity index is 256. The van der Waals surface area contributed by atoms with E-state index in [1.165, 1.54) is 6.42 Å². The second kappa shape index (κ2) is 2.34. The van der Waals surface area contributed by atoms with Crippen LogP contribution < -0.4 is 0 Å². The number of aliphatic hydroxyl groups is 1. The maximum absolute atomic E-state index is 8.70. The van der Waals surface area contributed by atoms with Crippen LogP contribution in [0.3, 0.4) is 0 Å². The highest BCUT2D eigenvalue weighted by atomic mass is 16.5. The molecule has 0 aliphatic heterocycles. The van der Waals surface area contributed by atoms with Gasteiger partial charge in [-0.3, -0.25) is 0 Å². The molecule has 1 aliphatic rings. The fourth-order valence-electron chi connectivity index (χ4n) is 1.30. The second-order valence-corrected chi connectivity index (χ2v) is 3.20. The highest BCUT2D eigenvalue weighted by Gasteiger charge is 2.37. The van der Waals surface area contributed by atoms with E-state index in [4.69, 9.17) is 9.63 Å². The number of aromatic nitrogens is 1. The van der Waals surface area contributed by atoms with E-state index in [2.05, 4.69) is 12.1 Å². The van der Waals surface area contributed by atoms with Gasteiger partial charge in [0.05, 0.1) is 6.61 Å². The molecular formula is C8H11NO2. The normalized spacial score (nSPS) is 28.9. The first kappa shape index (κ1) is 6.85. The van der Waals surface area contributed by atoms with Crippen LogP contribution in [0.4, 0.5) is 0 Å². The van der Waals surface area contributed by atoms with Crippen LogP contribution in [-0.2, 0) is 6.61 Å². The third-order valence-electron chi connectivity index (χ3n) is 2.21. The molecule has 60 valence electrons. The first-order valence-corrected chi connectivity index (χ1v) is 3.87. The summed E-state index contributed by atoms with van der Waals surface area (Å²) in [6.45, 7) is 2.16. The molecule has 1 saturated carbocycles. The van der Waals surface area contributed by atoms with Crippen LogP contribution in [0.2, 0.25) is 0 Å². The van der Waals surface area contributed by atoms with Crippen molar-refractivity contribution in [3.05, 3.63) is 17.5 Å². The van der Waals surface area contributed by atoms with Gasteiger partial charge in [-0.25, -0.2) is 0 Å². The van der Waals surface area contributed by atoms with Gasteiger partial charge in [0.25, 0.3) is 0 Å². The Morgan fingerprint density at radius 3 is 3.00 bits per heavy atom. The van der Waals surface area contributed by atoms with Gasteiger partial charge in [0.1, 0.15) is 11.5 Å². The molecular weight excluding hydrogens is 142 g/mol. The molecule has 0 amide bonds. The molecule has 0 aromatic carbocycles. The number of rotatable bonds is 2. The monoisotopic (exact) mass is 153 g/mol. The van der Waals surface area contributed by atoms with Crippen LogP contribution in [0, 0.1) is 5.92 Å². The van der Waals surface area contributed by atoms with E-state index in [-0.39, 0.29) is 6.61 Å². The predicted molar refractivity (Wildman–Crippen MR) is 38.9 cm³/mol. The van der Waals surface area contributed by atoms with Crippen LogP contribution in [0.1, 0.15) is 30.7 Å². The Labute approximate surface area is 65.0 Å². The molecule has 2 atom stereocenters. The fourth-order valence-corrected chi connectivity index (χ4v) is 1.30. The van der Waals surface area contributed by atoms with Gasteiger partial charge in [0.2, 0.25) is 0 Å². The summed E-state index contributed by atoms with van der Waals surface area (Å²) < 4.78 is 5.04. The molecule has 11 heavy (non-hydrogen) atoms. The average molecular weight is 153 g/mol. The zero-order valence-electron chi connectivity index (χ0n) is 6.45. The summed E-state index contributed by atoms with van der Waals surface area (Å²) in [7, 11) is 0. The molecule has 1 aromatic heterocycles. The molecule has 1 heterocycles. The van der Waals surface area contributed by atoms with E-state index >= 15 is 0 Å². The molecule has 1 unspecified atom stereocenters. The molecule has 3 heteroatoms. The lowest BCUT2D eigenvalue weighted by atomic mass is 10.2. The zero-order chi connectivity index (χ0) is 7.84. The SMILES string of the molecule is C[C@H]1CC1c1cc(CO)no1. The smallest absolute Gasteiger partial charge is 0.140 e. The van der Waals surface area contributed by atoms with Crippen molar-refractivity contribution in [1.29, 1.82) is 0 Å². The quantitative estimate of drug-likeness (QED) is 0.696. The molecule has 1 aliphatic carbocycles. The van der Waals surface area contributed by atoms with Gasteiger partial charge in [0.15, 0.2) is 0 Å². The molecule has 1 fully saturated rings. The maximum Gasteiger partial charge on any atom is 0.140 e. The minimum absolute atomic E-state index is 0.0232. The van der Waals surface area contributed by atoms with Crippen LogP contribution in [0.5, 0.6) is 0 Å². The van der Waals surface area contributed by atoms with Gasteiger partial charge >= 0.3 is 0 Å². The van der Waals surface area contributed by atoms with Crippen LogP contribution in [-0.4, -0.2) is 10.3 Å². The molecule has 1 aromatic rings. The lowest BCUT2D eigenvalue weighted by Gasteiger charge is -1.84. The Hall–Kier alpha value is -0.830. The van der Waals surface area contributed by atoms with Crippen molar-refractivity contribution < 1.29 is 9.63 Å². The van der Waals surface area contributed by atoms with Crippen LogP contribution >= 0.6 is 0 Å². The van der Waals surface area contributed by atoms with Crippen molar-refractivity contribution in [2.75, 3.05) is 0 Å². The Morgan fingerprint density at radius 1 is 1.82 bits per heavy atom. The number of aliphatic hydroxyl groups excluding tert-OH is 1. The number of hydrogen-bond donors (Lipinski definition) is 1. The van der Waals surface area contributed by atoms with Crippen molar-refractivity contribution in [3.8, 4) is 0 Å². The highest BCUT2D eigenvalue weighted by molar-refractivity contribution is 5.16. The first-order valence-electron chi connectivity index (χ1n) is 3.87. The van der Waals surface area contributed by atoms with Gasteiger partial charge in [-0.15, -0.1) is 0 Å². The fraction of sp³-hybridized carbons (Fsp3) is 0.625. The van der Waals surface area contributed by atoms with Crippen molar-refractivity contribution in [1.82, 2.24) is 5.16 Å². The summed E-state index contributed by atoms with van der Waals surface area (Å²) in [5.41, 5.74) is 0.638. The van der Waals surface area contributed by atoms with Gasteiger partial charge < -0.3 is 9.63 Å². The molecule has 0 spiro atoms. The summed E-state index contributed by atoms with van der Waals surface area (Å²) >= 11 is 0. The summed E-state index contributed by atoms with van der Waals surface area (Å²) in [5, 5.41) is 12.4. The van der Waals surface area contributed by atoms with Gasteiger partial charge in [0, 0.05) is 12.0 Å². The first-order chi connectivity index (χ1) is 5.31. The highest BCUT2D eigenvalue weighted by Crippen LogP contribution is 2.46. The summed E-state index contributed by atoms with van der Waals surface area (Å²) in [5.74, 6) is 2.22. The van der Waals surface area contributed by atoms with Crippen molar-refractivity contribution >= 4 is 0 Å². The molecule has 2 rings (SSSR count). The van der Waals surface area contributed by atoms with Gasteiger partial charge in [-0.2, -0.15) is 0 Å². The average Bonchev–Trinajstić information content (AvgIpc) is 2.59. The van der Waals surface area contributed by atoms with Crippen molar-refractivity contribution in [2.24, 2.45) is 5.92 Å². The topological polar surface area (TPSA) is 46.3 Å². The van der Waals surface area contributed by atoms with Crippen molar-refractivity contribution in [2.45, 2.75) is 25.9 Å². The number of nitrogens with zero attached hydrogens (tertiary/aromatic N) is 1. The van der Waals surface area contributed by atoms with E-state index in [9.17, 15) is 0 Å². The largest absolute Gasteiger partial charge is 0.390 e. The van der Waals surface area contributed by atoms with E-state index in [1.54, 1.807) is 0 Å². The standard InChI is InChI=1S/C8H11NO2/c1-5-2-7(5)8-3-6(4-10)9-11-8/h3,5,7,10H,2,4H2,1H3/t5-,7?/m0/s1. The second-order valence-electron chi connectivity index (χ2n) is 3.20. The lowest BCUT2D eigenvalue weighted by Crippen LogP contribution is -1.78.